The molecule has 0 atom stereocenters. The van der Waals surface area contributed by atoms with Gasteiger partial charge in [-0.1, -0.05) is 12.2 Å². The lowest BCUT2D eigenvalue weighted by Crippen LogP contribution is -2.33. The molecule has 0 aromatic rings. The number of rotatable bonds is 1. The van der Waals surface area contributed by atoms with Crippen molar-refractivity contribution >= 4 is 17.2 Å². The van der Waals surface area contributed by atoms with Crippen molar-refractivity contribution in [3.63, 3.8) is 0 Å². The van der Waals surface area contributed by atoms with Crippen LogP contribution in [-0.2, 0) is 0 Å². The van der Waals surface area contributed by atoms with Crippen LogP contribution in [0.25, 0.3) is 0 Å². The fraction of sp³-hybridized carbons (Fsp3) is 0.750. The molecule has 0 fully saturated rings. The molecule has 0 rings (SSSR count). The summed E-state index contributed by atoms with van der Waals surface area (Å²) in [5, 5.41) is 1.77. The Morgan fingerprint density at radius 2 is 2.14 bits per heavy atom. The highest BCUT2D eigenvalue weighted by Gasteiger charge is 1.88. The van der Waals surface area contributed by atoms with E-state index in [1.54, 1.807) is 5.01 Å². The predicted molar refractivity (Wildman–Crippen MR) is 35.1 cm³/mol. The van der Waals surface area contributed by atoms with Gasteiger partial charge in [-0.2, -0.15) is 0 Å². The van der Waals surface area contributed by atoms with Gasteiger partial charge < -0.3 is 5.01 Å². The van der Waals surface area contributed by atoms with Gasteiger partial charge in [0.15, 0.2) is 0 Å². The lowest BCUT2D eigenvalue weighted by atomic mass is 10.7. The van der Waals surface area contributed by atoms with Crippen molar-refractivity contribution < 1.29 is 0 Å². The quantitative estimate of drug-likeness (QED) is 0.396. The van der Waals surface area contributed by atoms with E-state index in [2.05, 4.69) is 5.43 Å². The molecular weight excluding hydrogens is 108 g/mol. The van der Waals surface area contributed by atoms with Crippen LogP contribution in [0.2, 0.25) is 0 Å². The minimum Gasteiger partial charge on any atom is -0.306 e. The first-order valence-corrected chi connectivity index (χ1v) is 2.51. The van der Waals surface area contributed by atoms with Gasteiger partial charge in [-0.05, 0) is 6.92 Å². The number of hydrogen-bond donors (Lipinski definition) is 1. The lowest BCUT2D eigenvalue weighted by molar-refractivity contribution is 0.414. The summed E-state index contributed by atoms with van der Waals surface area (Å²) in [6.45, 7) is 1.87. The average molecular weight is 118 g/mol. The Kier molecular flexibility index (Phi) is 2.87. The molecule has 1 N–H and O–H groups in total. The molecule has 7 heavy (non-hydrogen) atoms. The summed E-state index contributed by atoms with van der Waals surface area (Å²) in [6.07, 6.45) is 0. The van der Waals surface area contributed by atoms with Crippen LogP contribution in [0.15, 0.2) is 0 Å². The molecule has 0 radical (unpaired) electrons. The molecule has 0 saturated carbocycles. The normalized spacial score (nSPS) is 8.43. The molecule has 0 aromatic heterocycles. The number of hydrazine groups is 1. The van der Waals surface area contributed by atoms with Gasteiger partial charge >= 0.3 is 0 Å². The highest BCUT2D eigenvalue weighted by molar-refractivity contribution is 7.80. The van der Waals surface area contributed by atoms with Crippen LogP contribution < -0.4 is 5.43 Å². The molecule has 0 unspecified atom stereocenters. The minimum atomic E-state index is 0.850. The number of thiocarbonyl (C=S) groups is 1. The van der Waals surface area contributed by atoms with E-state index in [4.69, 9.17) is 12.2 Å². The Hall–Kier alpha value is -0.150. The minimum absolute atomic E-state index is 0.850. The summed E-state index contributed by atoms with van der Waals surface area (Å²) in [6, 6.07) is 0. The molecule has 3 heteroatoms. The molecule has 2 nitrogen and oxygen atoms in total. The second-order valence-corrected chi connectivity index (χ2v) is 1.89. The first-order chi connectivity index (χ1) is 3.18. The van der Waals surface area contributed by atoms with E-state index in [9.17, 15) is 0 Å². The van der Waals surface area contributed by atoms with E-state index in [1.165, 1.54) is 0 Å². The van der Waals surface area contributed by atoms with Gasteiger partial charge in [0.1, 0.15) is 0 Å². The van der Waals surface area contributed by atoms with Gasteiger partial charge in [-0.25, -0.2) is 5.43 Å². The number of nitrogens with zero attached hydrogens (tertiary/aromatic N) is 1. The number of nitrogens with one attached hydrogen (secondary N) is 1. The van der Waals surface area contributed by atoms with E-state index in [0.29, 0.717) is 0 Å². The molecule has 0 aliphatic carbocycles. The van der Waals surface area contributed by atoms with Crippen molar-refractivity contribution in [3.8, 4) is 0 Å². The fourth-order valence-electron chi connectivity index (χ4n) is 0.157. The van der Waals surface area contributed by atoms with Crippen molar-refractivity contribution in [1.29, 1.82) is 0 Å². The van der Waals surface area contributed by atoms with Gasteiger partial charge in [-0.3, -0.25) is 0 Å². The zero-order valence-electron chi connectivity index (χ0n) is 4.86. The van der Waals surface area contributed by atoms with Crippen LogP contribution in [0, 0.1) is 0 Å². The van der Waals surface area contributed by atoms with Crippen molar-refractivity contribution in [1.82, 2.24) is 10.4 Å². The van der Waals surface area contributed by atoms with Crippen LogP contribution in [0.5, 0.6) is 0 Å². The first kappa shape index (κ1) is 6.85. The second-order valence-electron chi connectivity index (χ2n) is 1.30. The maximum atomic E-state index is 4.78. The van der Waals surface area contributed by atoms with E-state index in [-0.39, 0.29) is 0 Å². The fourth-order valence-corrected chi connectivity index (χ4v) is 0.249. The molecule has 0 heterocycles. The third-order valence-electron chi connectivity index (χ3n) is 0.808. The summed E-state index contributed by atoms with van der Waals surface area (Å²) < 4.78 is 0. The molecule has 0 spiro atoms. The largest absolute Gasteiger partial charge is 0.306 e. The summed E-state index contributed by atoms with van der Waals surface area (Å²) in [5.74, 6) is 0. The topological polar surface area (TPSA) is 15.3 Å². The van der Waals surface area contributed by atoms with Crippen LogP contribution in [-0.4, -0.2) is 24.1 Å². The predicted octanol–water partition coefficient (Wildman–Crippen LogP) is 0.400. The van der Waals surface area contributed by atoms with Crippen LogP contribution in [0.4, 0.5) is 0 Å². The van der Waals surface area contributed by atoms with E-state index in [0.717, 1.165) is 4.99 Å². The molecule has 0 amide bonds. The monoisotopic (exact) mass is 118 g/mol. The standard InChI is InChI=1S/C4H10N2S/c1-4(7)6(3)5-2/h5H,1-3H3. The average Bonchev–Trinajstić information content (AvgIpc) is 1.65. The highest BCUT2D eigenvalue weighted by Crippen LogP contribution is 1.76. The van der Waals surface area contributed by atoms with E-state index < -0.39 is 0 Å². The van der Waals surface area contributed by atoms with Gasteiger partial charge in [0.05, 0.1) is 4.99 Å². The Balaban J connectivity index is 3.34. The molecule has 0 aliphatic rings. The van der Waals surface area contributed by atoms with Crippen molar-refractivity contribution in [2.45, 2.75) is 6.92 Å². The Labute approximate surface area is 49.5 Å². The Morgan fingerprint density at radius 1 is 1.71 bits per heavy atom. The number of hydrogen-bond acceptors (Lipinski definition) is 2. The van der Waals surface area contributed by atoms with Gasteiger partial charge in [0, 0.05) is 14.1 Å². The van der Waals surface area contributed by atoms with Crippen molar-refractivity contribution in [3.05, 3.63) is 0 Å². The lowest BCUT2D eigenvalue weighted by Gasteiger charge is -2.13. The summed E-state index contributed by atoms with van der Waals surface area (Å²) >= 11 is 4.78. The van der Waals surface area contributed by atoms with E-state index in [1.807, 2.05) is 21.0 Å². The maximum Gasteiger partial charge on any atom is 0.0887 e. The van der Waals surface area contributed by atoms with Gasteiger partial charge in [0.2, 0.25) is 0 Å². The maximum absolute atomic E-state index is 4.78. The Bertz CT molecular complexity index is 72.1. The third kappa shape index (κ3) is 2.53. The smallest absolute Gasteiger partial charge is 0.0887 e. The van der Waals surface area contributed by atoms with Gasteiger partial charge in [0.25, 0.3) is 0 Å². The third-order valence-corrected chi connectivity index (χ3v) is 1.08. The SMILES string of the molecule is CNN(C)C(C)=S. The van der Waals surface area contributed by atoms with Crippen LogP contribution in [0.3, 0.4) is 0 Å². The molecule has 0 aromatic carbocycles. The molecule has 0 bridgehead atoms. The first-order valence-electron chi connectivity index (χ1n) is 2.10. The summed E-state index contributed by atoms with van der Waals surface area (Å²) in [7, 11) is 3.71. The summed E-state index contributed by atoms with van der Waals surface area (Å²) in [4.78, 5) is 0.850. The zero-order valence-corrected chi connectivity index (χ0v) is 5.67. The molecule has 0 saturated heterocycles. The van der Waals surface area contributed by atoms with E-state index >= 15 is 0 Å². The molecule has 42 valence electrons. The Morgan fingerprint density at radius 3 is 2.14 bits per heavy atom. The zero-order chi connectivity index (χ0) is 5.86. The molecule has 0 aliphatic heterocycles. The summed E-state index contributed by atoms with van der Waals surface area (Å²) in [5.41, 5.74) is 2.86. The second kappa shape index (κ2) is 2.93. The highest BCUT2D eigenvalue weighted by atomic mass is 32.1. The van der Waals surface area contributed by atoms with Crippen molar-refractivity contribution in [2.24, 2.45) is 0 Å². The molecular formula is C4H10N2S. The van der Waals surface area contributed by atoms with Gasteiger partial charge in [-0.15, -0.1) is 0 Å². The van der Waals surface area contributed by atoms with Crippen molar-refractivity contribution in [2.75, 3.05) is 14.1 Å². The van der Waals surface area contributed by atoms with Crippen LogP contribution >= 0.6 is 12.2 Å². The van der Waals surface area contributed by atoms with Crippen LogP contribution in [0.1, 0.15) is 6.92 Å².